The maximum atomic E-state index is 11.6. The van der Waals surface area contributed by atoms with Crippen molar-refractivity contribution in [2.75, 3.05) is 13.7 Å². The van der Waals surface area contributed by atoms with Crippen LogP contribution in [-0.2, 0) is 16.1 Å². The monoisotopic (exact) mass is 300 g/mol. The summed E-state index contributed by atoms with van der Waals surface area (Å²) in [5, 5.41) is 2.78. The first-order valence-electron chi connectivity index (χ1n) is 5.32. The lowest BCUT2D eigenvalue weighted by Crippen LogP contribution is -2.43. The number of carbonyl (C=O) groups is 1. The maximum absolute atomic E-state index is 11.6. The average molecular weight is 301 g/mol. The summed E-state index contributed by atoms with van der Waals surface area (Å²) >= 11 is 3.40. The van der Waals surface area contributed by atoms with Gasteiger partial charge in [-0.3, -0.25) is 4.79 Å². The van der Waals surface area contributed by atoms with E-state index >= 15 is 0 Å². The van der Waals surface area contributed by atoms with E-state index in [-0.39, 0.29) is 12.5 Å². The van der Waals surface area contributed by atoms with Gasteiger partial charge in [-0.15, -0.1) is 0 Å². The Bertz CT molecular complexity index is 396. The molecule has 0 aliphatic carbocycles. The van der Waals surface area contributed by atoms with E-state index in [0.717, 1.165) is 15.6 Å². The number of carbonyl (C=O) groups excluding carboxylic acids is 1. The predicted molar refractivity (Wildman–Crippen MR) is 70.6 cm³/mol. The molecule has 3 N–H and O–H groups in total. The Labute approximate surface area is 110 Å². The lowest BCUT2D eigenvalue weighted by Gasteiger charge is -2.12. The summed E-state index contributed by atoms with van der Waals surface area (Å²) in [6, 6.07) is 5.32. The molecule has 0 radical (unpaired) electrons. The molecule has 0 aliphatic heterocycles. The molecule has 0 bridgehead atoms. The molecule has 1 atom stereocenters. The van der Waals surface area contributed by atoms with Gasteiger partial charge in [-0.05, 0) is 30.2 Å². The summed E-state index contributed by atoms with van der Waals surface area (Å²) < 4.78 is 5.85. The second kappa shape index (κ2) is 6.74. The fourth-order valence-electron chi connectivity index (χ4n) is 1.43. The fraction of sp³-hybridized carbons (Fsp3) is 0.417. The molecule has 5 heteroatoms. The van der Waals surface area contributed by atoms with Gasteiger partial charge in [0.15, 0.2) is 0 Å². The van der Waals surface area contributed by atoms with Gasteiger partial charge in [-0.25, -0.2) is 0 Å². The smallest absolute Gasteiger partial charge is 0.239 e. The van der Waals surface area contributed by atoms with E-state index in [1.165, 1.54) is 7.11 Å². The molecule has 0 spiro atoms. The molecule has 17 heavy (non-hydrogen) atoms. The lowest BCUT2D eigenvalue weighted by molar-refractivity contribution is -0.123. The SMILES string of the molecule is COCC(N)C(=O)NCc1ccc(Br)cc1C. The molecular formula is C12H17BrN2O2. The number of nitrogens with one attached hydrogen (secondary N) is 1. The third-order valence-electron chi connectivity index (χ3n) is 2.44. The van der Waals surface area contributed by atoms with Crippen LogP contribution in [0.15, 0.2) is 22.7 Å². The molecule has 0 saturated carbocycles. The number of halogens is 1. The first-order chi connectivity index (χ1) is 8.04. The Balaban J connectivity index is 2.53. The zero-order chi connectivity index (χ0) is 12.8. The number of ether oxygens (including phenoxy) is 1. The number of aryl methyl sites for hydroxylation is 1. The molecule has 0 aromatic heterocycles. The molecule has 0 saturated heterocycles. The highest BCUT2D eigenvalue weighted by Crippen LogP contribution is 2.15. The number of hydrogen-bond acceptors (Lipinski definition) is 3. The molecule has 1 rings (SSSR count). The van der Waals surface area contributed by atoms with Crippen LogP contribution < -0.4 is 11.1 Å². The highest BCUT2D eigenvalue weighted by molar-refractivity contribution is 9.10. The molecule has 1 amide bonds. The number of amides is 1. The summed E-state index contributed by atoms with van der Waals surface area (Å²) in [6.07, 6.45) is 0. The average Bonchev–Trinajstić information content (AvgIpc) is 2.27. The Morgan fingerprint density at radius 2 is 2.29 bits per heavy atom. The van der Waals surface area contributed by atoms with Crippen LogP contribution in [0.1, 0.15) is 11.1 Å². The largest absolute Gasteiger partial charge is 0.383 e. The summed E-state index contributed by atoms with van der Waals surface area (Å²) in [6.45, 7) is 2.71. The van der Waals surface area contributed by atoms with Crippen LogP contribution in [0.25, 0.3) is 0 Å². The second-order valence-electron chi connectivity index (χ2n) is 3.85. The number of rotatable bonds is 5. The van der Waals surface area contributed by atoms with Crippen molar-refractivity contribution in [2.45, 2.75) is 19.5 Å². The highest BCUT2D eigenvalue weighted by atomic mass is 79.9. The standard InChI is InChI=1S/C12H17BrN2O2/c1-8-5-10(13)4-3-9(8)6-15-12(16)11(14)7-17-2/h3-5,11H,6-7,14H2,1-2H3,(H,15,16). The van der Waals surface area contributed by atoms with Gasteiger partial charge in [0, 0.05) is 18.1 Å². The number of benzene rings is 1. The number of methoxy groups -OCH3 is 1. The molecule has 0 aliphatic rings. The van der Waals surface area contributed by atoms with Crippen molar-refractivity contribution in [1.29, 1.82) is 0 Å². The molecule has 0 heterocycles. The van der Waals surface area contributed by atoms with E-state index in [1.807, 2.05) is 25.1 Å². The highest BCUT2D eigenvalue weighted by Gasteiger charge is 2.12. The van der Waals surface area contributed by atoms with Crippen molar-refractivity contribution in [3.8, 4) is 0 Å². The van der Waals surface area contributed by atoms with Crippen LogP contribution >= 0.6 is 15.9 Å². The third kappa shape index (κ3) is 4.46. The molecule has 0 fully saturated rings. The van der Waals surface area contributed by atoms with E-state index in [1.54, 1.807) is 0 Å². The van der Waals surface area contributed by atoms with Crippen molar-refractivity contribution in [3.05, 3.63) is 33.8 Å². The van der Waals surface area contributed by atoms with E-state index in [0.29, 0.717) is 6.54 Å². The maximum Gasteiger partial charge on any atom is 0.239 e. The van der Waals surface area contributed by atoms with Crippen molar-refractivity contribution in [2.24, 2.45) is 5.73 Å². The quantitative estimate of drug-likeness (QED) is 0.863. The van der Waals surface area contributed by atoms with Gasteiger partial charge in [0.1, 0.15) is 6.04 Å². The van der Waals surface area contributed by atoms with Crippen molar-refractivity contribution >= 4 is 21.8 Å². The summed E-state index contributed by atoms with van der Waals surface area (Å²) in [5.74, 6) is -0.200. The summed E-state index contributed by atoms with van der Waals surface area (Å²) in [5.41, 5.74) is 7.81. The summed E-state index contributed by atoms with van der Waals surface area (Å²) in [4.78, 5) is 11.6. The van der Waals surface area contributed by atoms with Gasteiger partial charge in [0.05, 0.1) is 6.61 Å². The van der Waals surface area contributed by atoms with Gasteiger partial charge in [-0.2, -0.15) is 0 Å². The molecule has 1 unspecified atom stereocenters. The fourth-order valence-corrected chi connectivity index (χ4v) is 1.90. The third-order valence-corrected chi connectivity index (χ3v) is 2.93. The minimum absolute atomic E-state index is 0.200. The van der Waals surface area contributed by atoms with Gasteiger partial charge in [0.25, 0.3) is 0 Å². The zero-order valence-corrected chi connectivity index (χ0v) is 11.6. The van der Waals surface area contributed by atoms with Crippen LogP contribution in [0.5, 0.6) is 0 Å². The van der Waals surface area contributed by atoms with Crippen LogP contribution in [0, 0.1) is 6.92 Å². The van der Waals surface area contributed by atoms with Crippen LogP contribution in [0.2, 0.25) is 0 Å². The van der Waals surface area contributed by atoms with Crippen molar-refractivity contribution in [1.82, 2.24) is 5.32 Å². The second-order valence-corrected chi connectivity index (χ2v) is 4.77. The zero-order valence-electron chi connectivity index (χ0n) is 10.00. The Kier molecular flexibility index (Phi) is 5.61. The lowest BCUT2D eigenvalue weighted by atomic mass is 10.1. The van der Waals surface area contributed by atoms with E-state index < -0.39 is 6.04 Å². The van der Waals surface area contributed by atoms with Gasteiger partial charge >= 0.3 is 0 Å². The molecular weight excluding hydrogens is 284 g/mol. The van der Waals surface area contributed by atoms with Crippen LogP contribution in [0.4, 0.5) is 0 Å². The molecule has 1 aromatic rings. The topological polar surface area (TPSA) is 64.3 Å². The Morgan fingerprint density at radius 1 is 1.59 bits per heavy atom. The van der Waals surface area contributed by atoms with E-state index in [4.69, 9.17) is 10.5 Å². The van der Waals surface area contributed by atoms with Gasteiger partial charge in [0.2, 0.25) is 5.91 Å². The van der Waals surface area contributed by atoms with E-state index in [2.05, 4.69) is 21.2 Å². The number of nitrogens with two attached hydrogens (primary N) is 1. The molecule has 1 aromatic carbocycles. The first kappa shape index (κ1) is 14.2. The van der Waals surface area contributed by atoms with Gasteiger partial charge < -0.3 is 15.8 Å². The predicted octanol–water partition coefficient (Wildman–Crippen LogP) is 1.35. The molecule has 94 valence electrons. The first-order valence-corrected chi connectivity index (χ1v) is 6.11. The Hall–Kier alpha value is -0.910. The number of hydrogen-bond donors (Lipinski definition) is 2. The van der Waals surface area contributed by atoms with E-state index in [9.17, 15) is 4.79 Å². The minimum Gasteiger partial charge on any atom is -0.383 e. The van der Waals surface area contributed by atoms with Crippen molar-refractivity contribution < 1.29 is 9.53 Å². The van der Waals surface area contributed by atoms with Crippen LogP contribution in [0.3, 0.4) is 0 Å². The normalized spacial score (nSPS) is 12.2. The summed E-state index contributed by atoms with van der Waals surface area (Å²) in [7, 11) is 1.52. The van der Waals surface area contributed by atoms with Crippen LogP contribution in [-0.4, -0.2) is 25.7 Å². The van der Waals surface area contributed by atoms with Crippen molar-refractivity contribution in [3.63, 3.8) is 0 Å². The Morgan fingerprint density at radius 3 is 2.88 bits per heavy atom. The minimum atomic E-state index is -0.615. The van der Waals surface area contributed by atoms with Gasteiger partial charge in [-0.1, -0.05) is 22.0 Å². The molecule has 4 nitrogen and oxygen atoms in total.